The number of rotatable bonds is 3. The SMILES string of the molecule is O=C(c1ccnc(Nc2c(Cl)cccc2Cl)c1)N1CCOCC1. The first-order chi connectivity index (χ1) is 11.1. The van der Waals surface area contributed by atoms with Gasteiger partial charge in [-0.15, -0.1) is 0 Å². The Morgan fingerprint density at radius 3 is 2.57 bits per heavy atom. The molecule has 1 aromatic carbocycles. The maximum atomic E-state index is 12.5. The summed E-state index contributed by atoms with van der Waals surface area (Å²) in [6.07, 6.45) is 1.58. The van der Waals surface area contributed by atoms with Gasteiger partial charge in [-0.25, -0.2) is 4.98 Å². The zero-order valence-corrected chi connectivity index (χ0v) is 13.8. The highest BCUT2D eigenvalue weighted by molar-refractivity contribution is 6.39. The molecule has 0 aliphatic carbocycles. The molecule has 1 aliphatic heterocycles. The molecule has 0 unspecified atom stereocenters. The van der Waals surface area contributed by atoms with E-state index in [2.05, 4.69) is 10.3 Å². The van der Waals surface area contributed by atoms with Crippen LogP contribution in [0.5, 0.6) is 0 Å². The Hall–Kier alpha value is -1.82. The van der Waals surface area contributed by atoms with E-state index in [4.69, 9.17) is 27.9 Å². The zero-order chi connectivity index (χ0) is 16.2. The standard InChI is InChI=1S/C16H15Cl2N3O2/c17-12-2-1-3-13(18)15(12)20-14-10-11(4-5-19-14)16(22)21-6-8-23-9-7-21/h1-5,10H,6-9H2,(H,19,20). The molecule has 1 saturated heterocycles. The summed E-state index contributed by atoms with van der Waals surface area (Å²) < 4.78 is 5.27. The Kier molecular flexibility index (Phi) is 5.00. The van der Waals surface area contributed by atoms with Crippen LogP contribution in [0.3, 0.4) is 0 Å². The van der Waals surface area contributed by atoms with Gasteiger partial charge in [-0.05, 0) is 24.3 Å². The summed E-state index contributed by atoms with van der Waals surface area (Å²) in [6, 6.07) is 8.62. The molecule has 0 saturated carbocycles. The van der Waals surface area contributed by atoms with Crippen LogP contribution in [0.2, 0.25) is 10.0 Å². The predicted molar refractivity (Wildman–Crippen MR) is 90.7 cm³/mol. The number of carbonyl (C=O) groups is 1. The van der Waals surface area contributed by atoms with E-state index in [1.54, 1.807) is 41.4 Å². The molecule has 1 N–H and O–H groups in total. The number of hydrogen-bond donors (Lipinski definition) is 1. The molecule has 1 aliphatic rings. The van der Waals surface area contributed by atoms with E-state index < -0.39 is 0 Å². The Labute approximate surface area is 144 Å². The van der Waals surface area contributed by atoms with E-state index in [9.17, 15) is 4.79 Å². The lowest BCUT2D eigenvalue weighted by atomic mass is 10.2. The number of morpholine rings is 1. The summed E-state index contributed by atoms with van der Waals surface area (Å²) in [5, 5.41) is 4.05. The van der Waals surface area contributed by atoms with Gasteiger partial charge in [-0.3, -0.25) is 4.79 Å². The molecule has 5 nitrogen and oxygen atoms in total. The van der Waals surface area contributed by atoms with Gasteiger partial charge >= 0.3 is 0 Å². The fourth-order valence-corrected chi connectivity index (χ4v) is 2.82. The topological polar surface area (TPSA) is 54.5 Å². The smallest absolute Gasteiger partial charge is 0.254 e. The van der Waals surface area contributed by atoms with Crippen molar-refractivity contribution >= 4 is 40.6 Å². The van der Waals surface area contributed by atoms with Gasteiger partial charge < -0.3 is 15.0 Å². The molecular formula is C16H15Cl2N3O2. The first-order valence-corrected chi connectivity index (χ1v) is 7.95. The van der Waals surface area contributed by atoms with Crippen molar-refractivity contribution in [1.82, 2.24) is 9.88 Å². The number of hydrogen-bond acceptors (Lipinski definition) is 4. The third kappa shape index (κ3) is 3.75. The third-order valence-electron chi connectivity index (χ3n) is 3.52. The number of nitrogens with zero attached hydrogens (tertiary/aromatic N) is 2. The molecule has 1 fully saturated rings. The van der Waals surface area contributed by atoms with Crippen LogP contribution in [0.1, 0.15) is 10.4 Å². The van der Waals surface area contributed by atoms with E-state index in [-0.39, 0.29) is 5.91 Å². The lowest BCUT2D eigenvalue weighted by molar-refractivity contribution is 0.0303. The highest BCUT2D eigenvalue weighted by Gasteiger charge is 2.19. The minimum atomic E-state index is -0.0380. The van der Waals surface area contributed by atoms with Crippen molar-refractivity contribution in [2.45, 2.75) is 0 Å². The van der Waals surface area contributed by atoms with Crippen LogP contribution in [-0.4, -0.2) is 42.1 Å². The van der Waals surface area contributed by atoms with Crippen molar-refractivity contribution in [2.24, 2.45) is 0 Å². The summed E-state index contributed by atoms with van der Waals surface area (Å²) in [4.78, 5) is 18.5. The molecule has 0 atom stereocenters. The van der Waals surface area contributed by atoms with Crippen LogP contribution in [0.25, 0.3) is 0 Å². The fourth-order valence-electron chi connectivity index (χ4n) is 2.33. The van der Waals surface area contributed by atoms with E-state index in [1.807, 2.05) is 0 Å². The van der Waals surface area contributed by atoms with Crippen molar-refractivity contribution in [3.05, 3.63) is 52.1 Å². The molecule has 0 radical (unpaired) electrons. The average Bonchev–Trinajstić information content (AvgIpc) is 2.59. The predicted octanol–water partition coefficient (Wildman–Crippen LogP) is 3.60. The number of para-hydroxylation sites is 1. The molecule has 2 aromatic rings. The Balaban J connectivity index is 1.81. The van der Waals surface area contributed by atoms with Gasteiger partial charge in [-0.1, -0.05) is 29.3 Å². The summed E-state index contributed by atoms with van der Waals surface area (Å²) in [6.45, 7) is 2.33. The summed E-state index contributed by atoms with van der Waals surface area (Å²) >= 11 is 12.3. The van der Waals surface area contributed by atoms with E-state index >= 15 is 0 Å². The zero-order valence-electron chi connectivity index (χ0n) is 12.3. The molecule has 120 valence electrons. The number of pyridine rings is 1. The Morgan fingerprint density at radius 1 is 1.17 bits per heavy atom. The summed E-state index contributed by atoms with van der Waals surface area (Å²) in [7, 11) is 0. The summed E-state index contributed by atoms with van der Waals surface area (Å²) in [5.74, 6) is 0.475. The average molecular weight is 352 g/mol. The van der Waals surface area contributed by atoms with Crippen molar-refractivity contribution in [3.63, 3.8) is 0 Å². The molecule has 7 heteroatoms. The number of ether oxygens (including phenoxy) is 1. The second-order valence-corrected chi connectivity index (χ2v) is 5.87. The fraction of sp³-hybridized carbons (Fsp3) is 0.250. The van der Waals surface area contributed by atoms with Crippen molar-refractivity contribution in [1.29, 1.82) is 0 Å². The Bertz CT molecular complexity index is 698. The Morgan fingerprint density at radius 2 is 1.87 bits per heavy atom. The molecule has 0 bridgehead atoms. The minimum Gasteiger partial charge on any atom is -0.378 e. The van der Waals surface area contributed by atoms with Crippen LogP contribution in [0.15, 0.2) is 36.5 Å². The normalized spacial score (nSPS) is 14.6. The molecule has 23 heavy (non-hydrogen) atoms. The highest BCUT2D eigenvalue weighted by Crippen LogP contribution is 2.32. The van der Waals surface area contributed by atoms with Crippen molar-refractivity contribution in [3.8, 4) is 0 Å². The number of benzene rings is 1. The van der Waals surface area contributed by atoms with Crippen LogP contribution >= 0.6 is 23.2 Å². The lowest BCUT2D eigenvalue weighted by Gasteiger charge is -2.26. The van der Waals surface area contributed by atoms with Crippen molar-refractivity contribution in [2.75, 3.05) is 31.6 Å². The lowest BCUT2D eigenvalue weighted by Crippen LogP contribution is -2.40. The first kappa shape index (κ1) is 16.1. The minimum absolute atomic E-state index is 0.0380. The molecule has 3 rings (SSSR count). The maximum Gasteiger partial charge on any atom is 0.254 e. The van der Waals surface area contributed by atoms with Gasteiger partial charge in [0.1, 0.15) is 5.82 Å². The highest BCUT2D eigenvalue weighted by atomic mass is 35.5. The maximum absolute atomic E-state index is 12.5. The van der Waals surface area contributed by atoms with Crippen molar-refractivity contribution < 1.29 is 9.53 Å². The van der Waals surface area contributed by atoms with Gasteiger partial charge in [0.05, 0.1) is 28.9 Å². The third-order valence-corrected chi connectivity index (χ3v) is 4.15. The molecular weight excluding hydrogens is 337 g/mol. The van der Waals surface area contributed by atoms with E-state index in [0.29, 0.717) is 53.4 Å². The van der Waals surface area contributed by atoms with Gasteiger partial charge in [0, 0.05) is 24.8 Å². The number of amides is 1. The van der Waals surface area contributed by atoms with Crippen LogP contribution in [0, 0.1) is 0 Å². The van der Waals surface area contributed by atoms with Gasteiger partial charge in [0.15, 0.2) is 0 Å². The molecule has 2 heterocycles. The monoisotopic (exact) mass is 351 g/mol. The molecule has 1 aromatic heterocycles. The second kappa shape index (κ2) is 7.17. The van der Waals surface area contributed by atoms with Gasteiger partial charge in [0.25, 0.3) is 5.91 Å². The van der Waals surface area contributed by atoms with Crippen LogP contribution in [0.4, 0.5) is 11.5 Å². The largest absolute Gasteiger partial charge is 0.378 e. The quantitative estimate of drug-likeness (QED) is 0.917. The van der Waals surface area contributed by atoms with Gasteiger partial charge in [-0.2, -0.15) is 0 Å². The van der Waals surface area contributed by atoms with Crippen LogP contribution in [-0.2, 0) is 4.74 Å². The number of carbonyl (C=O) groups excluding carboxylic acids is 1. The number of nitrogens with one attached hydrogen (secondary N) is 1. The number of aromatic nitrogens is 1. The first-order valence-electron chi connectivity index (χ1n) is 7.19. The number of anilines is 2. The second-order valence-electron chi connectivity index (χ2n) is 5.06. The van der Waals surface area contributed by atoms with Gasteiger partial charge in [0.2, 0.25) is 0 Å². The number of halogens is 2. The van der Waals surface area contributed by atoms with E-state index in [0.717, 1.165) is 0 Å². The molecule has 1 amide bonds. The summed E-state index contributed by atoms with van der Waals surface area (Å²) in [5.41, 5.74) is 1.13. The van der Waals surface area contributed by atoms with E-state index in [1.165, 1.54) is 0 Å². The van der Waals surface area contributed by atoms with Crippen LogP contribution < -0.4 is 5.32 Å². The molecule has 0 spiro atoms.